The predicted octanol–water partition coefficient (Wildman–Crippen LogP) is -6.85. The molecule has 98 valence electrons. The number of carboxylic acid groups (broad SMARTS) is 1. The quantitative estimate of drug-likeness (QED) is 0.241. The summed E-state index contributed by atoms with van der Waals surface area (Å²) in [6.45, 7) is 10.5. The molecule has 0 radical (unpaired) electrons. The molecule has 0 aromatic rings. The normalized spacial score (nSPS) is 4.76. The predicted molar refractivity (Wildman–Crippen MR) is 65.2 cm³/mol. The smallest absolute Gasteiger partial charge is 0.505 e. The second-order valence-electron chi connectivity index (χ2n) is 1.12. The maximum absolute atomic E-state index is 9.25. The second kappa shape index (κ2) is 78.7. The molecule has 6 nitrogen and oxygen atoms in total. The van der Waals surface area contributed by atoms with Crippen LogP contribution in [0.15, 0.2) is 0 Å². The van der Waals surface area contributed by atoms with Crippen molar-refractivity contribution in [2.45, 2.75) is 0 Å². The van der Waals surface area contributed by atoms with E-state index in [2.05, 4.69) is 46.3 Å². The van der Waals surface area contributed by atoms with Crippen LogP contribution in [0.25, 0.3) is 0 Å². The summed E-state index contributed by atoms with van der Waals surface area (Å²) in [5.74, 6) is -0.981. The van der Waals surface area contributed by atoms with E-state index in [-0.39, 0.29) is 103 Å². The average molecular weight is 299 g/mol. The molecule has 0 saturated carbocycles. The van der Waals surface area contributed by atoms with Crippen LogP contribution in [0.1, 0.15) is 0 Å². The number of aliphatic carboxylic acids is 1. The molecule has 17 heavy (non-hydrogen) atoms. The van der Waals surface area contributed by atoms with E-state index in [4.69, 9.17) is 16.6 Å². The second-order valence-corrected chi connectivity index (χ2v) is 1.12. The van der Waals surface area contributed by atoms with Gasteiger partial charge in [-0.05, 0) is 0 Å². The Hall–Kier alpha value is 2.45. The summed E-state index contributed by atoms with van der Waals surface area (Å²) in [6.07, 6.45) is 0.833. The van der Waals surface area contributed by atoms with Crippen molar-refractivity contribution in [3.63, 3.8) is 0 Å². The van der Waals surface area contributed by atoms with Crippen LogP contribution >= 0.6 is 0 Å². The summed E-state index contributed by atoms with van der Waals surface area (Å²) in [7, 11) is 5.50. The van der Waals surface area contributed by atoms with Gasteiger partial charge in [0.1, 0.15) is 5.97 Å². The molecule has 0 aromatic heterocycles. The molecule has 0 unspecified atom stereocenters. The summed E-state index contributed by atoms with van der Waals surface area (Å²) in [5, 5.41) is 7.60. The molecule has 9 N–H and O–H groups in total. The van der Waals surface area contributed by atoms with Gasteiger partial charge >= 0.3 is 103 Å². The van der Waals surface area contributed by atoms with Gasteiger partial charge in [-0.3, -0.25) is 18.9 Å². The Balaban J connectivity index is -0.0000000150. The molecule has 8 heteroatoms. The van der Waals surface area contributed by atoms with Gasteiger partial charge < -0.3 is 55.2 Å². The van der Waals surface area contributed by atoms with Crippen LogP contribution in [0, 0.1) is 41.3 Å². The summed E-state index contributed by atoms with van der Waals surface area (Å²) in [6, 6.07) is 0. The largest absolute Gasteiger partial charge is 1.00 e. The number of carbonyl (C=O) groups is 1. The van der Waals surface area contributed by atoms with E-state index in [9.17, 15) is 4.79 Å². The molecular formula is C9H24K2N4O2-4. The maximum Gasteiger partial charge on any atom is 1.00 e. The van der Waals surface area contributed by atoms with Gasteiger partial charge in [-0.25, -0.2) is 0 Å². The third kappa shape index (κ3) is 252. The summed E-state index contributed by atoms with van der Waals surface area (Å²) >= 11 is 0. The van der Waals surface area contributed by atoms with E-state index in [0.29, 0.717) is 13.1 Å². The number of rotatable bonds is 1. The number of hydrogen-bond acceptors (Lipinski definition) is 5. The first kappa shape index (κ1) is 42.7. The fraction of sp³-hybridized carbons (Fsp3) is 0.222. The van der Waals surface area contributed by atoms with Crippen molar-refractivity contribution in [2.24, 2.45) is 22.9 Å². The first-order chi connectivity index (χ1) is 7.10. The Kier molecular flexibility index (Phi) is 198. The zero-order valence-corrected chi connectivity index (χ0v) is 17.4. The number of carboxylic acids is 1. The van der Waals surface area contributed by atoms with Crippen molar-refractivity contribution in [1.29, 1.82) is 0 Å². The molecule has 0 rings (SSSR count). The first-order valence-corrected chi connectivity index (χ1v) is 3.76. The topological polar surface area (TPSA) is 141 Å². The Morgan fingerprint density at radius 2 is 1.06 bits per heavy atom. The molecule has 0 atom stereocenters. The zero-order chi connectivity index (χ0) is 13.7. The maximum atomic E-state index is 9.25. The van der Waals surface area contributed by atoms with Crippen molar-refractivity contribution in [3.8, 4) is 0 Å². The van der Waals surface area contributed by atoms with Crippen molar-refractivity contribution in [1.82, 2.24) is 0 Å². The van der Waals surface area contributed by atoms with E-state index in [1.165, 1.54) is 0 Å². The average Bonchev–Trinajstić information content (AvgIpc) is 2.26. The van der Waals surface area contributed by atoms with Crippen LogP contribution in [0.3, 0.4) is 0 Å². The van der Waals surface area contributed by atoms with Crippen LogP contribution in [-0.4, -0.2) is 24.2 Å². The minimum atomic E-state index is -0.981. The number of hydrogen-bond donors (Lipinski definition) is 5. The van der Waals surface area contributed by atoms with Crippen LogP contribution in [0.5, 0.6) is 0 Å². The van der Waals surface area contributed by atoms with Crippen molar-refractivity contribution < 1.29 is 113 Å². The minimum Gasteiger partial charge on any atom is -0.505 e. The third-order valence-electron chi connectivity index (χ3n) is 0.175. The molecule has 0 aromatic carbocycles. The molecule has 0 saturated heterocycles. The van der Waals surface area contributed by atoms with E-state index < -0.39 is 5.97 Å². The van der Waals surface area contributed by atoms with E-state index in [0.717, 1.165) is 6.42 Å². The Bertz CT molecular complexity index is 80.0. The van der Waals surface area contributed by atoms with E-state index >= 15 is 0 Å². The van der Waals surface area contributed by atoms with Gasteiger partial charge in [0, 0.05) is 0 Å². The van der Waals surface area contributed by atoms with Gasteiger partial charge in [0.25, 0.3) is 0 Å². The fourth-order valence-electron chi connectivity index (χ4n) is 0. The molecule has 0 aliphatic carbocycles. The van der Waals surface area contributed by atoms with Crippen LogP contribution in [-0.2, 0) is 4.79 Å². The third-order valence-corrected chi connectivity index (χ3v) is 0.175. The summed E-state index contributed by atoms with van der Waals surface area (Å²) in [4.78, 5) is 9.25. The van der Waals surface area contributed by atoms with Gasteiger partial charge in [0.15, 0.2) is 0 Å². The number of nitrogens with two attached hydrogens (primary N) is 4. The van der Waals surface area contributed by atoms with E-state index in [1.54, 1.807) is 0 Å². The molecule has 0 spiro atoms. The SMILES string of the molecule is [CH2-]CN.[CH2-]CN.[CH2-]N.[CH2-]N.[CH2-][CH-]C(=O)O.[K+].[K+]. The van der Waals surface area contributed by atoms with E-state index in [1.807, 2.05) is 0 Å². The monoisotopic (exact) mass is 298 g/mol. The van der Waals surface area contributed by atoms with Gasteiger partial charge in [-0.2, -0.15) is 0 Å². The Morgan fingerprint density at radius 1 is 1.00 bits per heavy atom. The van der Waals surface area contributed by atoms with Crippen LogP contribution in [0.2, 0.25) is 0 Å². The molecule has 0 amide bonds. The molecule has 0 aliphatic rings. The van der Waals surface area contributed by atoms with Crippen molar-refractivity contribution >= 4 is 5.97 Å². The summed E-state index contributed by atoms with van der Waals surface area (Å²) < 4.78 is 0. The van der Waals surface area contributed by atoms with Gasteiger partial charge in [0.05, 0.1) is 0 Å². The van der Waals surface area contributed by atoms with Crippen molar-refractivity contribution in [2.75, 3.05) is 13.1 Å². The van der Waals surface area contributed by atoms with Gasteiger partial charge in [0.2, 0.25) is 0 Å². The first-order valence-electron chi connectivity index (χ1n) is 3.76. The van der Waals surface area contributed by atoms with Crippen LogP contribution < -0.4 is 126 Å². The molecule has 0 fully saturated rings. The van der Waals surface area contributed by atoms with Crippen molar-refractivity contribution in [3.05, 3.63) is 41.3 Å². The molecule has 0 heterocycles. The molecular weight excluding hydrogens is 274 g/mol. The standard InChI is InChI=1S/C3H4O2.2C2H6N.2CH4N.2K/c1-2-3(4)5;2*1-2-3;2*1-2;;/h2H,1H2,(H,4,5);2*1-3H2;2*1-2H2;;/q-2;4*-1;2*+1. The fourth-order valence-corrected chi connectivity index (χ4v) is 0. The minimum absolute atomic E-state index is 0. The Morgan fingerprint density at radius 3 is 1.06 bits per heavy atom. The van der Waals surface area contributed by atoms with Gasteiger partial charge in [-0.15, -0.1) is 13.1 Å². The Labute approximate surface area is 192 Å². The molecule has 0 aliphatic heterocycles. The molecule has 0 bridgehead atoms. The summed E-state index contributed by atoms with van der Waals surface area (Å²) in [5.41, 5.74) is 18.0. The van der Waals surface area contributed by atoms with Crippen LogP contribution in [0.4, 0.5) is 0 Å². The van der Waals surface area contributed by atoms with Gasteiger partial charge in [-0.1, -0.05) is 0 Å². The zero-order valence-electron chi connectivity index (χ0n) is 11.2.